The van der Waals surface area contributed by atoms with E-state index in [1.807, 2.05) is 0 Å². The minimum atomic E-state index is -1.01. The average Bonchev–Trinajstić information content (AvgIpc) is 3.04. The Bertz CT molecular complexity index is 803. The number of nitrogens with two attached hydrogens (primary N) is 1. The molecule has 3 unspecified atom stereocenters. The smallest absolute Gasteiger partial charge is 0.261 e. The first-order chi connectivity index (χ1) is 12.5. The Hall–Kier alpha value is -2.65. The van der Waals surface area contributed by atoms with Crippen LogP contribution in [0.3, 0.4) is 0 Å². The lowest BCUT2D eigenvalue weighted by molar-refractivity contribution is -0.182. The minimum Gasteiger partial charge on any atom is -0.504 e. The predicted octanol–water partition coefficient (Wildman–Crippen LogP) is 0.414. The van der Waals surface area contributed by atoms with E-state index in [-0.39, 0.29) is 30.4 Å². The van der Waals surface area contributed by atoms with Crippen LogP contribution in [0, 0.1) is 5.92 Å². The molecule has 9 nitrogen and oxygen atoms in total. The van der Waals surface area contributed by atoms with Crippen molar-refractivity contribution < 1.29 is 29.4 Å². The molecule has 2 fully saturated rings. The first-order valence-electron chi connectivity index (χ1n) is 8.64. The summed E-state index contributed by atoms with van der Waals surface area (Å²) in [5.74, 6) is -2.84. The third-order valence-electron chi connectivity index (χ3n) is 4.79. The molecule has 27 heavy (non-hydrogen) atoms. The molecule has 0 saturated carbocycles. The molecule has 3 atom stereocenters. The average molecular weight is 377 g/mol. The molecule has 0 spiro atoms. The van der Waals surface area contributed by atoms with Crippen molar-refractivity contribution in [2.75, 3.05) is 6.54 Å². The number of hydrogen-bond donors (Lipinski definition) is 3. The van der Waals surface area contributed by atoms with Gasteiger partial charge in [0.05, 0.1) is 12.0 Å². The molecule has 4 N–H and O–H groups in total. The molecular weight excluding hydrogens is 354 g/mol. The molecule has 0 bridgehead atoms. The molecule has 2 heterocycles. The lowest BCUT2D eigenvalue weighted by Gasteiger charge is -2.33. The van der Waals surface area contributed by atoms with E-state index in [4.69, 9.17) is 10.6 Å². The van der Waals surface area contributed by atoms with Gasteiger partial charge in [-0.05, 0) is 38.5 Å². The van der Waals surface area contributed by atoms with Gasteiger partial charge in [0.25, 0.3) is 5.91 Å². The zero-order valence-electron chi connectivity index (χ0n) is 15.4. The highest BCUT2D eigenvalue weighted by atomic mass is 16.7. The van der Waals surface area contributed by atoms with Gasteiger partial charge in [0.15, 0.2) is 17.6 Å². The highest BCUT2D eigenvalue weighted by Crippen LogP contribution is 2.47. The number of amides is 3. The van der Waals surface area contributed by atoms with E-state index in [1.54, 1.807) is 26.8 Å². The van der Waals surface area contributed by atoms with E-state index < -0.39 is 35.4 Å². The van der Waals surface area contributed by atoms with Crippen molar-refractivity contribution in [2.45, 2.75) is 44.9 Å². The van der Waals surface area contributed by atoms with Crippen molar-refractivity contribution in [3.8, 4) is 11.5 Å². The van der Waals surface area contributed by atoms with E-state index in [9.17, 15) is 24.6 Å². The fourth-order valence-corrected chi connectivity index (χ4v) is 3.64. The lowest BCUT2D eigenvalue weighted by atomic mass is 9.90. The van der Waals surface area contributed by atoms with Crippen LogP contribution in [0.15, 0.2) is 18.2 Å². The number of fused-ring (bicyclic) bond motifs is 1. The summed E-state index contributed by atoms with van der Waals surface area (Å²) in [4.78, 5) is 44.0. The quantitative estimate of drug-likeness (QED) is 0.511. The Balaban J connectivity index is 2.01. The summed E-state index contributed by atoms with van der Waals surface area (Å²) in [5, 5.41) is 20.8. The van der Waals surface area contributed by atoms with Gasteiger partial charge in [-0.25, -0.2) is 0 Å². The van der Waals surface area contributed by atoms with Gasteiger partial charge in [0.2, 0.25) is 11.8 Å². The Labute approximate surface area is 156 Å². The first-order valence-corrected chi connectivity index (χ1v) is 8.64. The number of rotatable bonds is 4. The molecule has 3 amide bonds. The Morgan fingerprint density at radius 2 is 1.85 bits per heavy atom. The number of hydroxylamine groups is 2. The summed E-state index contributed by atoms with van der Waals surface area (Å²) in [6.45, 7) is 5.37. The summed E-state index contributed by atoms with van der Waals surface area (Å²) >= 11 is 0. The van der Waals surface area contributed by atoms with Gasteiger partial charge >= 0.3 is 0 Å². The number of benzene rings is 1. The number of likely N-dealkylation sites (tertiary alicyclic amines) is 1. The number of aromatic hydroxyl groups is 2. The van der Waals surface area contributed by atoms with Crippen LogP contribution in [0.25, 0.3) is 0 Å². The van der Waals surface area contributed by atoms with E-state index in [2.05, 4.69) is 0 Å². The molecule has 1 aromatic rings. The molecule has 2 saturated heterocycles. The summed E-state index contributed by atoms with van der Waals surface area (Å²) in [6, 6.07) is 3.46. The number of carbonyl (C=O) groups is 3. The second-order valence-electron chi connectivity index (χ2n) is 7.78. The molecule has 0 radical (unpaired) electrons. The van der Waals surface area contributed by atoms with Gasteiger partial charge in [0.1, 0.15) is 0 Å². The van der Waals surface area contributed by atoms with E-state index in [0.717, 1.165) is 0 Å². The van der Waals surface area contributed by atoms with Gasteiger partial charge in [-0.15, -0.1) is 0 Å². The Kier molecular flexibility index (Phi) is 4.61. The molecule has 0 aliphatic carbocycles. The maximum atomic E-state index is 13.1. The van der Waals surface area contributed by atoms with Gasteiger partial charge in [-0.1, -0.05) is 6.07 Å². The summed E-state index contributed by atoms with van der Waals surface area (Å²) < 4.78 is 0. The van der Waals surface area contributed by atoms with Crippen molar-refractivity contribution >= 4 is 17.7 Å². The Morgan fingerprint density at radius 3 is 2.41 bits per heavy atom. The number of primary amides is 1. The van der Waals surface area contributed by atoms with Crippen molar-refractivity contribution in [2.24, 2.45) is 11.7 Å². The van der Waals surface area contributed by atoms with Crippen LogP contribution >= 0.6 is 0 Å². The summed E-state index contributed by atoms with van der Waals surface area (Å²) in [5.41, 5.74) is 4.99. The molecule has 9 heteroatoms. The monoisotopic (exact) mass is 377 g/mol. The molecule has 2 aliphatic heterocycles. The van der Waals surface area contributed by atoms with Crippen LogP contribution in [0.4, 0.5) is 0 Å². The second kappa shape index (κ2) is 6.50. The topological polar surface area (TPSA) is 133 Å². The maximum Gasteiger partial charge on any atom is 0.261 e. The van der Waals surface area contributed by atoms with Crippen LogP contribution in [-0.4, -0.2) is 56.1 Å². The number of hydrogen-bond acceptors (Lipinski definition) is 7. The predicted molar refractivity (Wildman–Crippen MR) is 93.0 cm³/mol. The van der Waals surface area contributed by atoms with E-state index >= 15 is 0 Å². The standard InChI is InChI=1S/C18H23N3O6/c1-18(2,3)21-16(25)13-14(9-4-5-10(22)11(23)8-9)20(7-6-12(19)24)27-15(13)17(21)26/h4-5,8,13-15,22-23H,6-7H2,1-3H3,(H2,19,24). The zero-order chi connectivity index (χ0) is 20.1. The number of nitrogens with zero attached hydrogens (tertiary/aromatic N) is 2. The second-order valence-corrected chi connectivity index (χ2v) is 7.78. The lowest BCUT2D eigenvalue weighted by Crippen LogP contribution is -2.48. The molecule has 2 aliphatic rings. The number of phenols is 2. The van der Waals surface area contributed by atoms with Gasteiger partial charge in [-0.2, -0.15) is 5.06 Å². The van der Waals surface area contributed by atoms with E-state index in [1.165, 1.54) is 22.1 Å². The van der Waals surface area contributed by atoms with Crippen LogP contribution in [0.5, 0.6) is 11.5 Å². The molecule has 0 aromatic heterocycles. The Morgan fingerprint density at radius 1 is 1.19 bits per heavy atom. The van der Waals surface area contributed by atoms with Crippen molar-refractivity contribution in [3.05, 3.63) is 23.8 Å². The summed E-state index contributed by atoms with van der Waals surface area (Å²) in [7, 11) is 0. The maximum absolute atomic E-state index is 13.1. The normalized spacial score (nSPS) is 25.9. The van der Waals surface area contributed by atoms with Crippen molar-refractivity contribution in [1.29, 1.82) is 0 Å². The van der Waals surface area contributed by atoms with Gasteiger partial charge in [0, 0.05) is 18.5 Å². The largest absolute Gasteiger partial charge is 0.504 e. The molecule has 1 aromatic carbocycles. The zero-order valence-corrected chi connectivity index (χ0v) is 15.4. The minimum absolute atomic E-state index is 0.0224. The number of carbonyl (C=O) groups excluding carboxylic acids is 3. The summed E-state index contributed by atoms with van der Waals surface area (Å²) in [6.07, 6.45) is -1.03. The molecule has 146 valence electrons. The first kappa shape index (κ1) is 19.1. The van der Waals surface area contributed by atoms with Crippen LogP contribution < -0.4 is 5.73 Å². The number of phenolic OH excluding ortho intramolecular Hbond substituents is 2. The van der Waals surface area contributed by atoms with Crippen molar-refractivity contribution in [3.63, 3.8) is 0 Å². The highest BCUT2D eigenvalue weighted by molar-refractivity contribution is 6.08. The third kappa shape index (κ3) is 3.24. The fourth-order valence-electron chi connectivity index (χ4n) is 3.64. The third-order valence-corrected chi connectivity index (χ3v) is 4.79. The number of imide groups is 1. The van der Waals surface area contributed by atoms with E-state index in [0.29, 0.717) is 5.56 Å². The van der Waals surface area contributed by atoms with Crippen LogP contribution in [0.1, 0.15) is 38.8 Å². The molecule has 3 rings (SSSR count). The van der Waals surface area contributed by atoms with Crippen LogP contribution in [-0.2, 0) is 19.2 Å². The fraction of sp³-hybridized carbons (Fsp3) is 0.500. The van der Waals surface area contributed by atoms with Crippen molar-refractivity contribution in [1.82, 2.24) is 9.96 Å². The van der Waals surface area contributed by atoms with Crippen LogP contribution in [0.2, 0.25) is 0 Å². The van der Waals surface area contributed by atoms with Gasteiger partial charge in [-0.3, -0.25) is 24.1 Å². The van der Waals surface area contributed by atoms with Gasteiger partial charge < -0.3 is 15.9 Å². The molecular formula is C18H23N3O6. The SMILES string of the molecule is CC(C)(C)N1C(=O)C2ON(CCC(N)=O)C(c3ccc(O)c(O)c3)C2C1=O. The highest BCUT2D eigenvalue weighted by Gasteiger charge is 2.61.